The zero-order valence-corrected chi connectivity index (χ0v) is 14.0. The van der Waals surface area contributed by atoms with Crippen molar-refractivity contribution in [1.82, 2.24) is 20.1 Å². The van der Waals surface area contributed by atoms with Crippen molar-refractivity contribution in [2.24, 2.45) is 11.8 Å². The third-order valence-electron chi connectivity index (χ3n) is 5.20. The van der Waals surface area contributed by atoms with Crippen LogP contribution in [0.3, 0.4) is 0 Å². The Morgan fingerprint density at radius 3 is 2.86 bits per heavy atom. The van der Waals surface area contributed by atoms with Crippen LogP contribution in [0.25, 0.3) is 0 Å². The lowest BCUT2D eigenvalue weighted by Gasteiger charge is -2.50. The Labute approximate surface area is 128 Å². The highest BCUT2D eigenvalue weighted by Crippen LogP contribution is 2.38. The van der Waals surface area contributed by atoms with Crippen molar-refractivity contribution in [3.05, 3.63) is 18.0 Å². The molecule has 0 aromatic carbocycles. The monoisotopic (exact) mass is 293 g/mol. The van der Waals surface area contributed by atoms with Gasteiger partial charge in [0.1, 0.15) is 0 Å². The maximum Gasteiger partial charge on any atom is 0.0522 e. The molecule has 3 N–H and O–H groups in total. The molecule has 3 unspecified atom stereocenters. The SMILES string of the molecule is CCn1cc(CC(NN)C2(N(C)C)CCCC(C)C2)cn1. The molecule has 1 saturated carbocycles. The van der Waals surface area contributed by atoms with Crippen LogP contribution >= 0.6 is 0 Å². The second kappa shape index (κ2) is 6.90. The molecule has 0 spiro atoms. The van der Waals surface area contributed by atoms with Crippen molar-refractivity contribution in [3.63, 3.8) is 0 Å². The Kier molecular flexibility index (Phi) is 5.41. The number of nitrogens with zero attached hydrogens (tertiary/aromatic N) is 3. The fourth-order valence-corrected chi connectivity index (χ4v) is 3.92. The van der Waals surface area contributed by atoms with Crippen molar-refractivity contribution in [1.29, 1.82) is 0 Å². The average Bonchev–Trinajstić information content (AvgIpc) is 2.92. The van der Waals surface area contributed by atoms with Gasteiger partial charge in [-0.15, -0.1) is 0 Å². The minimum atomic E-state index is 0.140. The maximum absolute atomic E-state index is 5.96. The van der Waals surface area contributed by atoms with E-state index in [4.69, 9.17) is 5.84 Å². The van der Waals surface area contributed by atoms with Crippen LogP contribution in [0.5, 0.6) is 0 Å². The predicted molar refractivity (Wildman–Crippen MR) is 86.8 cm³/mol. The van der Waals surface area contributed by atoms with E-state index in [1.807, 2.05) is 10.9 Å². The number of likely N-dealkylation sites (N-methyl/N-ethyl adjacent to an activating group) is 1. The van der Waals surface area contributed by atoms with Gasteiger partial charge in [0.05, 0.1) is 6.20 Å². The summed E-state index contributed by atoms with van der Waals surface area (Å²) in [7, 11) is 4.38. The van der Waals surface area contributed by atoms with Gasteiger partial charge < -0.3 is 4.90 Å². The van der Waals surface area contributed by atoms with Gasteiger partial charge in [-0.25, -0.2) is 0 Å². The Bertz CT molecular complexity index is 442. The number of hydrazine groups is 1. The van der Waals surface area contributed by atoms with Gasteiger partial charge in [0.25, 0.3) is 0 Å². The third kappa shape index (κ3) is 3.47. The first-order valence-electron chi connectivity index (χ1n) is 8.16. The van der Waals surface area contributed by atoms with Crippen molar-refractivity contribution in [3.8, 4) is 0 Å². The normalized spacial score (nSPS) is 28.0. The molecule has 0 aliphatic heterocycles. The van der Waals surface area contributed by atoms with Crippen molar-refractivity contribution in [2.45, 2.75) is 64.1 Å². The van der Waals surface area contributed by atoms with Crippen molar-refractivity contribution < 1.29 is 0 Å². The molecule has 1 heterocycles. The van der Waals surface area contributed by atoms with E-state index >= 15 is 0 Å². The lowest BCUT2D eigenvalue weighted by Crippen LogP contribution is -2.63. The number of hydrogen-bond donors (Lipinski definition) is 2. The number of rotatable bonds is 6. The summed E-state index contributed by atoms with van der Waals surface area (Å²) in [6, 6.07) is 0.254. The van der Waals surface area contributed by atoms with Crippen LogP contribution in [0.2, 0.25) is 0 Å². The highest BCUT2D eigenvalue weighted by atomic mass is 15.3. The molecule has 1 aliphatic carbocycles. The molecule has 120 valence electrons. The minimum Gasteiger partial charge on any atom is -0.302 e. The summed E-state index contributed by atoms with van der Waals surface area (Å²) in [4.78, 5) is 2.39. The molecule has 0 radical (unpaired) electrons. The average molecular weight is 293 g/mol. The van der Waals surface area contributed by atoms with E-state index in [0.29, 0.717) is 0 Å². The topological polar surface area (TPSA) is 59.1 Å². The summed E-state index contributed by atoms with van der Waals surface area (Å²) >= 11 is 0. The van der Waals surface area contributed by atoms with Gasteiger partial charge in [0.15, 0.2) is 0 Å². The number of aromatic nitrogens is 2. The molecule has 1 aromatic heterocycles. The largest absolute Gasteiger partial charge is 0.302 e. The van der Waals surface area contributed by atoms with Gasteiger partial charge in [0, 0.05) is 24.3 Å². The molecule has 5 nitrogen and oxygen atoms in total. The van der Waals surface area contributed by atoms with Crippen LogP contribution in [-0.4, -0.2) is 40.4 Å². The predicted octanol–water partition coefficient (Wildman–Crippen LogP) is 1.79. The van der Waals surface area contributed by atoms with Crippen LogP contribution in [0.1, 0.15) is 45.1 Å². The molecule has 0 amide bonds. The number of nitrogens with two attached hydrogens (primary N) is 1. The van der Waals surface area contributed by atoms with Gasteiger partial charge in [0.2, 0.25) is 0 Å². The molecule has 0 bridgehead atoms. The maximum atomic E-state index is 5.96. The van der Waals surface area contributed by atoms with E-state index in [1.165, 1.54) is 31.2 Å². The van der Waals surface area contributed by atoms with Crippen LogP contribution in [0.4, 0.5) is 0 Å². The van der Waals surface area contributed by atoms with Gasteiger partial charge in [-0.05, 0) is 51.8 Å². The van der Waals surface area contributed by atoms with E-state index in [2.05, 4.69) is 49.6 Å². The van der Waals surface area contributed by atoms with E-state index in [1.54, 1.807) is 0 Å². The summed E-state index contributed by atoms with van der Waals surface area (Å²) in [5, 5.41) is 4.38. The summed E-state index contributed by atoms with van der Waals surface area (Å²) in [6.07, 6.45) is 10.1. The molecule has 0 saturated heterocycles. The molecule has 3 atom stereocenters. The fourth-order valence-electron chi connectivity index (χ4n) is 3.92. The standard InChI is InChI=1S/C16H31N5/c1-5-21-12-14(11-18-21)9-15(19-17)16(20(3)4)8-6-7-13(2)10-16/h11-13,15,19H,5-10,17H2,1-4H3. The first kappa shape index (κ1) is 16.5. The Hall–Kier alpha value is -0.910. The summed E-state index contributed by atoms with van der Waals surface area (Å²) in [6.45, 7) is 5.39. The Morgan fingerprint density at radius 2 is 2.33 bits per heavy atom. The van der Waals surface area contributed by atoms with Crippen LogP contribution in [-0.2, 0) is 13.0 Å². The minimum absolute atomic E-state index is 0.140. The van der Waals surface area contributed by atoms with E-state index in [0.717, 1.165) is 18.9 Å². The lowest BCUT2D eigenvalue weighted by atomic mass is 9.70. The Balaban J connectivity index is 2.19. The molecule has 5 heteroatoms. The molecule has 2 rings (SSSR count). The molecule has 21 heavy (non-hydrogen) atoms. The van der Waals surface area contributed by atoms with Crippen molar-refractivity contribution in [2.75, 3.05) is 14.1 Å². The summed E-state index contributed by atoms with van der Waals surface area (Å²) < 4.78 is 1.98. The zero-order chi connectivity index (χ0) is 15.5. The van der Waals surface area contributed by atoms with Crippen LogP contribution in [0.15, 0.2) is 12.4 Å². The number of hydrogen-bond acceptors (Lipinski definition) is 4. The first-order valence-corrected chi connectivity index (χ1v) is 8.16. The second-order valence-electron chi connectivity index (χ2n) is 6.83. The highest BCUT2D eigenvalue weighted by molar-refractivity contribution is 5.12. The summed E-state index contributed by atoms with van der Waals surface area (Å²) in [5.41, 5.74) is 4.51. The summed E-state index contributed by atoms with van der Waals surface area (Å²) in [5.74, 6) is 6.71. The van der Waals surface area contributed by atoms with Crippen molar-refractivity contribution >= 4 is 0 Å². The molecule has 1 aromatic rings. The smallest absolute Gasteiger partial charge is 0.0522 e. The molecule has 1 aliphatic rings. The fraction of sp³-hybridized carbons (Fsp3) is 0.812. The zero-order valence-electron chi connectivity index (χ0n) is 14.0. The van der Waals surface area contributed by atoms with Gasteiger partial charge in [-0.3, -0.25) is 16.0 Å². The highest BCUT2D eigenvalue weighted by Gasteiger charge is 2.43. The lowest BCUT2D eigenvalue weighted by molar-refractivity contribution is 0.0373. The molecular weight excluding hydrogens is 262 g/mol. The van der Waals surface area contributed by atoms with Crippen LogP contribution in [0, 0.1) is 5.92 Å². The molecule has 1 fully saturated rings. The van der Waals surface area contributed by atoms with E-state index in [-0.39, 0.29) is 11.6 Å². The van der Waals surface area contributed by atoms with Gasteiger partial charge in [-0.1, -0.05) is 19.8 Å². The number of nitrogens with one attached hydrogen (secondary N) is 1. The first-order chi connectivity index (χ1) is 10.0. The van der Waals surface area contributed by atoms with E-state index < -0.39 is 0 Å². The second-order valence-corrected chi connectivity index (χ2v) is 6.83. The molecular formula is C16H31N5. The van der Waals surface area contributed by atoms with Crippen LogP contribution < -0.4 is 11.3 Å². The third-order valence-corrected chi connectivity index (χ3v) is 5.20. The number of aryl methyl sites for hydroxylation is 1. The van der Waals surface area contributed by atoms with E-state index in [9.17, 15) is 0 Å². The van der Waals surface area contributed by atoms with Gasteiger partial charge >= 0.3 is 0 Å². The Morgan fingerprint density at radius 1 is 1.57 bits per heavy atom. The quantitative estimate of drug-likeness (QED) is 0.620. The van der Waals surface area contributed by atoms with Gasteiger partial charge in [-0.2, -0.15) is 5.10 Å².